The van der Waals surface area contributed by atoms with Gasteiger partial charge in [0.05, 0.1) is 12.7 Å². The summed E-state index contributed by atoms with van der Waals surface area (Å²) in [6, 6.07) is 5.17. The number of urea groups is 1. The predicted molar refractivity (Wildman–Crippen MR) is 90.2 cm³/mol. The van der Waals surface area contributed by atoms with Gasteiger partial charge in [-0.15, -0.1) is 11.3 Å². The fraction of sp³-hybridized carbons (Fsp3) is 0.250. The lowest BCUT2D eigenvalue weighted by Crippen LogP contribution is -2.22. The van der Waals surface area contributed by atoms with Gasteiger partial charge in [0.25, 0.3) is 5.91 Å². The van der Waals surface area contributed by atoms with Crippen LogP contribution in [-0.4, -0.2) is 19.0 Å². The van der Waals surface area contributed by atoms with E-state index in [9.17, 15) is 9.59 Å². The van der Waals surface area contributed by atoms with Crippen LogP contribution in [0.2, 0.25) is 0 Å². The number of benzene rings is 1. The maximum atomic E-state index is 11.9. The Bertz CT molecular complexity index is 813. The summed E-state index contributed by atoms with van der Waals surface area (Å²) in [5.74, 6) is 0.292. The van der Waals surface area contributed by atoms with Crippen LogP contribution in [0.25, 0.3) is 10.4 Å². The fourth-order valence-electron chi connectivity index (χ4n) is 3.06. The van der Waals surface area contributed by atoms with Gasteiger partial charge in [0.15, 0.2) is 0 Å². The third kappa shape index (κ3) is 2.53. The van der Waals surface area contributed by atoms with Gasteiger partial charge in [-0.25, -0.2) is 4.79 Å². The second-order valence-electron chi connectivity index (χ2n) is 5.53. The van der Waals surface area contributed by atoms with Crippen molar-refractivity contribution >= 4 is 28.3 Å². The van der Waals surface area contributed by atoms with Crippen molar-refractivity contribution in [1.82, 2.24) is 0 Å². The van der Waals surface area contributed by atoms with Gasteiger partial charge in [-0.05, 0) is 41.2 Å². The third-order valence-electron chi connectivity index (χ3n) is 4.01. The Labute approximate surface area is 137 Å². The highest BCUT2D eigenvalue weighted by molar-refractivity contribution is 7.20. The van der Waals surface area contributed by atoms with Crippen molar-refractivity contribution in [1.29, 1.82) is 0 Å². The predicted octanol–water partition coefficient (Wildman–Crippen LogP) is 2.67. The summed E-state index contributed by atoms with van der Waals surface area (Å²) in [5.41, 5.74) is 14.2. The number of fused-ring (bicyclic) bond motifs is 3. The van der Waals surface area contributed by atoms with E-state index < -0.39 is 11.9 Å². The van der Waals surface area contributed by atoms with E-state index in [4.69, 9.17) is 16.2 Å². The molecule has 0 fully saturated rings. The number of carbonyl (C=O) groups is 2. The number of methoxy groups -OCH3 is 1. The van der Waals surface area contributed by atoms with Gasteiger partial charge in [0, 0.05) is 4.88 Å². The van der Waals surface area contributed by atoms with Crippen molar-refractivity contribution in [2.45, 2.75) is 19.3 Å². The second-order valence-corrected chi connectivity index (χ2v) is 6.55. The first-order valence-electron chi connectivity index (χ1n) is 7.12. The lowest BCUT2D eigenvalue weighted by atomic mass is 9.82. The highest BCUT2D eigenvalue weighted by Gasteiger charge is 2.31. The third-order valence-corrected chi connectivity index (χ3v) is 5.16. The smallest absolute Gasteiger partial charge is 0.317 e. The minimum atomic E-state index is -0.718. The van der Waals surface area contributed by atoms with Crippen LogP contribution in [-0.2, 0) is 6.42 Å². The van der Waals surface area contributed by atoms with E-state index in [0.29, 0.717) is 10.6 Å². The molecule has 1 aliphatic rings. The summed E-state index contributed by atoms with van der Waals surface area (Å²) in [6.45, 7) is 2.04. The number of nitrogens with one attached hydrogen (secondary N) is 1. The van der Waals surface area contributed by atoms with Crippen LogP contribution in [0.15, 0.2) is 18.2 Å². The monoisotopic (exact) mass is 331 g/mol. The molecule has 2 aromatic rings. The Balaban J connectivity index is 2.26. The summed E-state index contributed by atoms with van der Waals surface area (Å²) < 4.78 is 5.29. The molecule has 3 amide bonds. The summed E-state index contributed by atoms with van der Waals surface area (Å²) >= 11 is 1.32. The Morgan fingerprint density at radius 2 is 2.09 bits per heavy atom. The average molecular weight is 331 g/mol. The molecule has 0 radical (unpaired) electrons. The van der Waals surface area contributed by atoms with Crippen molar-refractivity contribution in [3.05, 3.63) is 34.9 Å². The van der Waals surface area contributed by atoms with Crippen molar-refractivity contribution in [2.24, 2.45) is 11.5 Å². The zero-order valence-corrected chi connectivity index (χ0v) is 13.6. The number of thiophene rings is 1. The van der Waals surface area contributed by atoms with E-state index in [1.807, 2.05) is 25.1 Å². The molecule has 120 valence electrons. The van der Waals surface area contributed by atoms with E-state index >= 15 is 0 Å². The molecule has 1 aromatic carbocycles. The zero-order chi connectivity index (χ0) is 16.7. The summed E-state index contributed by atoms with van der Waals surface area (Å²) in [6.07, 6.45) is 0.791. The molecular formula is C16H17N3O3S. The number of hydrogen-bond donors (Lipinski definition) is 3. The lowest BCUT2D eigenvalue weighted by Gasteiger charge is -2.23. The van der Waals surface area contributed by atoms with Crippen LogP contribution in [0.5, 0.6) is 5.75 Å². The second kappa shape index (κ2) is 5.58. The Morgan fingerprint density at radius 1 is 1.35 bits per heavy atom. The molecule has 0 saturated carbocycles. The molecule has 23 heavy (non-hydrogen) atoms. The van der Waals surface area contributed by atoms with Gasteiger partial charge in [-0.1, -0.05) is 13.0 Å². The first kappa shape index (κ1) is 15.4. The zero-order valence-electron chi connectivity index (χ0n) is 12.8. The highest BCUT2D eigenvalue weighted by Crippen LogP contribution is 2.49. The Kier molecular flexibility index (Phi) is 3.73. The van der Waals surface area contributed by atoms with E-state index in [2.05, 4.69) is 5.32 Å². The fourth-order valence-corrected chi connectivity index (χ4v) is 4.44. The van der Waals surface area contributed by atoms with Crippen LogP contribution in [0.3, 0.4) is 0 Å². The van der Waals surface area contributed by atoms with Gasteiger partial charge in [-0.3, -0.25) is 10.1 Å². The molecule has 3 rings (SSSR count). The van der Waals surface area contributed by atoms with Gasteiger partial charge in [0.2, 0.25) is 0 Å². The number of ether oxygens (including phenoxy) is 1. The van der Waals surface area contributed by atoms with Gasteiger partial charge in [0.1, 0.15) is 10.8 Å². The maximum absolute atomic E-state index is 11.9. The van der Waals surface area contributed by atoms with E-state index in [1.165, 1.54) is 16.9 Å². The minimum absolute atomic E-state index is 0.119. The van der Waals surface area contributed by atoms with E-state index in [-0.39, 0.29) is 5.92 Å². The first-order chi connectivity index (χ1) is 10.9. The van der Waals surface area contributed by atoms with Crippen LogP contribution in [0.4, 0.5) is 9.80 Å². The highest BCUT2D eigenvalue weighted by atomic mass is 32.1. The number of nitrogens with two attached hydrogens (primary N) is 2. The molecule has 1 atom stereocenters. The number of primary amides is 2. The molecule has 7 heteroatoms. The van der Waals surface area contributed by atoms with Crippen molar-refractivity contribution < 1.29 is 14.3 Å². The number of rotatable bonds is 3. The molecule has 1 unspecified atom stereocenters. The summed E-state index contributed by atoms with van der Waals surface area (Å²) in [4.78, 5) is 24.1. The first-order valence-corrected chi connectivity index (χ1v) is 7.94. The Morgan fingerprint density at radius 3 is 2.70 bits per heavy atom. The van der Waals surface area contributed by atoms with Gasteiger partial charge >= 0.3 is 6.03 Å². The summed E-state index contributed by atoms with van der Waals surface area (Å²) in [7, 11) is 1.61. The van der Waals surface area contributed by atoms with Crippen LogP contribution in [0.1, 0.15) is 34.3 Å². The van der Waals surface area contributed by atoms with Crippen molar-refractivity contribution in [3.8, 4) is 16.2 Å². The van der Waals surface area contributed by atoms with Crippen LogP contribution >= 0.6 is 11.3 Å². The van der Waals surface area contributed by atoms with Crippen molar-refractivity contribution in [2.75, 3.05) is 12.4 Å². The normalized spacial score (nSPS) is 15.5. The maximum Gasteiger partial charge on any atom is 0.317 e. The molecule has 1 aromatic heterocycles. The average Bonchev–Trinajstić information content (AvgIpc) is 2.86. The molecule has 0 aliphatic heterocycles. The molecule has 1 aliphatic carbocycles. The molecule has 0 saturated heterocycles. The number of amides is 3. The molecular weight excluding hydrogens is 314 g/mol. The minimum Gasteiger partial charge on any atom is -0.497 e. The van der Waals surface area contributed by atoms with E-state index in [0.717, 1.165) is 28.2 Å². The lowest BCUT2D eigenvalue weighted by molar-refractivity contribution is 0.1000. The molecule has 1 heterocycles. The molecule has 0 bridgehead atoms. The molecule has 5 N–H and O–H groups in total. The largest absolute Gasteiger partial charge is 0.497 e. The van der Waals surface area contributed by atoms with E-state index in [1.54, 1.807) is 7.11 Å². The quantitative estimate of drug-likeness (QED) is 0.804. The SMILES string of the molecule is COc1ccc2c(c1)-c1sc(NC(N)=O)c(C(N)=O)c1C(C)C2. The van der Waals surface area contributed by atoms with Crippen LogP contribution in [0, 0.1) is 0 Å². The van der Waals surface area contributed by atoms with Gasteiger partial charge in [-0.2, -0.15) is 0 Å². The number of hydrogen-bond acceptors (Lipinski definition) is 4. The molecule has 0 spiro atoms. The number of carbonyl (C=O) groups excluding carboxylic acids is 2. The number of anilines is 1. The summed E-state index contributed by atoms with van der Waals surface area (Å²) in [5, 5.41) is 2.92. The van der Waals surface area contributed by atoms with Crippen molar-refractivity contribution in [3.63, 3.8) is 0 Å². The van der Waals surface area contributed by atoms with Gasteiger partial charge < -0.3 is 16.2 Å². The standard InChI is InChI=1S/C16H17N3O3S/c1-7-5-8-3-4-9(22-2)6-10(8)13-11(7)12(14(17)20)15(23-13)19-16(18)21/h3-4,6-7H,5H2,1-2H3,(H2,17,20)(H3,18,19,21). The topological polar surface area (TPSA) is 107 Å². The molecule has 6 nitrogen and oxygen atoms in total. The Hall–Kier alpha value is -2.54. The van der Waals surface area contributed by atoms with Crippen LogP contribution < -0.4 is 21.5 Å².